The lowest BCUT2D eigenvalue weighted by Crippen LogP contribution is -2.16. The first-order valence-electron chi connectivity index (χ1n) is 21.6. The SMILES string of the molecule is C/C=C/c1ccc2c(c1)c1cc(-c3ccc(N(c4ccc(-c5ccccc5)cc4)c4ccc5c(c4)C(C)(C)c4ccccc4-5)cc3)ccc1n2-c1cccc(-c2ccccc2)c1. The van der Waals surface area contributed by atoms with Crippen LogP contribution in [0.2, 0.25) is 0 Å². The Balaban J connectivity index is 1.01. The van der Waals surface area contributed by atoms with E-state index in [2.05, 4.69) is 255 Å². The van der Waals surface area contributed by atoms with E-state index in [1.807, 2.05) is 0 Å². The molecule has 1 aliphatic rings. The predicted molar refractivity (Wildman–Crippen MR) is 264 cm³/mol. The predicted octanol–water partition coefficient (Wildman–Crippen LogP) is 16.6. The van der Waals surface area contributed by atoms with Crippen LogP contribution < -0.4 is 4.90 Å². The first kappa shape index (κ1) is 37.3. The number of rotatable bonds is 8. The molecule has 0 N–H and O–H groups in total. The summed E-state index contributed by atoms with van der Waals surface area (Å²) in [6.45, 7) is 6.79. The van der Waals surface area contributed by atoms with Gasteiger partial charge in [0.15, 0.2) is 0 Å². The van der Waals surface area contributed by atoms with Crippen LogP contribution in [-0.4, -0.2) is 4.57 Å². The Labute approximate surface area is 364 Å². The molecule has 0 atom stereocenters. The zero-order chi connectivity index (χ0) is 41.8. The fraction of sp³-hybridized carbons (Fsp3) is 0.0667. The number of hydrogen-bond donors (Lipinski definition) is 0. The third-order valence-electron chi connectivity index (χ3n) is 12.9. The van der Waals surface area contributed by atoms with Crippen molar-refractivity contribution in [1.29, 1.82) is 0 Å². The smallest absolute Gasteiger partial charge is 0.0541 e. The molecular weight excluding hydrogens is 749 g/mol. The van der Waals surface area contributed by atoms with Crippen molar-refractivity contribution in [3.8, 4) is 50.2 Å². The molecule has 296 valence electrons. The Morgan fingerprint density at radius 3 is 1.61 bits per heavy atom. The maximum atomic E-state index is 2.42. The van der Waals surface area contributed by atoms with E-state index in [0.29, 0.717) is 0 Å². The summed E-state index contributed by atoms with van der Waals surface area (Å²) in [6.07, 6.45) is 4.29. The minimum atomic E-state index is -0.102. The van der Waals surface area contributed by atoms with E-state index in [1.54, 1.807) is 0 Å². The van der Waals surface area contributed by atoms with Crippen molar-refractivity contribution in [1.82, 2.24) is 4.57 Å². The number of allylic oxidation sites excluding steroid dienone is 1. The molecule has 0 saturated carbocycles. The highest BCUT2D eigenvalue weighted by Crippen LogP contribution is 2.51. The van der Waals surface area contributed by atoms with Crippen molar-refractivity contribution >= 4 is 44.9 Å². The Bertz CT molecular complexity index is 3300. The summed E-state index contributed by atoms with van der Waals surface area (Å²) < 4.78 is 2.42. The third kappa shape index (κ3) is 6.35. The molecule has 2 heteroatoms. The van der Waals surface area contributed by atoms with Gasteiger partial charge < -0.3 is 9.47 Å². The first-order chi connectivity index (χ1) is 30.4. The summed E-state index contributed by atoms with van der Waals surface area (Å²) in [5, 5.41) is 2.48. The van der Waals surface area contributed by atoms with Crippen LogP contribution in [0.4, 0.5) is 17.1 Å². The molecule has 0 unspecified atom stereocenters. The quantitative estimate of drug-likeness (QED) is 0.149. The summed E-state index contributed by atoms with van der Waals surface area (Å²) in [6, 6.07) is 77.9. The van der Waals surface area contributed by atoms with Crippen LogP contribution in [-0.2, 0) is 5.41 Å². The minimum absolute atomic E-state index is 0.102. The van der Waals surface area contributed by atoms with E-state index < -0.39 is 0 Å². The highest BCUT2D eigenvalue weighted by Gasteiger charge is 2.35. The second kappa shape index (κ2) is 15.1. The van der Waals surface area contributed by atoms with E-state index in [9.17, 15) is 0 Å². The normalized spacial score (nSPS) is 12.8. The average Bonchev–Trinajstić information content (AvgIpc) is 3.77. The second-order valence-electron chi connectivity index (χ2n) is 17.0. The third-order valence-corrected chi connectivity index (χ3v) is 12.9. The van der Waals surface area contributed by atoms with Gasteiger partial charge in [-0.1, -0.05) is 166 Å². The zero-order valence-corrected chi connectivity index (χ0v) is 35.3. The highest BCUT2D eigenvalue weighted by atomic mass is 15.1. The largest absolute Gasteiger partial charge is 0.310 e. The van der Waals surface area contributed by atoms with Crippen molar-refractivity contribution in [3.63, 3.8) is 0 Å². The summed E-state index contributed by atoms with van der Waals surface area (Å²) in [7, 11) is 0. The Kier molecular flexibility index (Phi) is 9.09. The van der Waals surface area contributed by atoms with Gasteiger partial charge in [-0.25, -0.2) is 0 Å². The molecule has 1 aliphatic carbocycles. The topological polar surface area (TPSA) is 8.17 Å². The standard InChI is InChI=1S/C60H46N2/c1-4-14-41-23-35-58-54(37-41)55-39-47(28-36-59(55)62(58)50-20-13-19-46(38-50)43-17-9-6-10-18-43)45-26-31-49(32-27-45)61(48-29-24-44(25-30-48)42-15-7-5-8-16-42)51-33-34-53-52-21-11-12-22-56(52)60(2,3)57(53)40-51/h4-40H,1-3H3/b14-4+. The molecule has 9 aromatic carbocycles. The number of benzene rings is 9. The van der Waals surface area contributed by atoms with Gasteiger partial charge in [0.2, 0.25) is 0 Å². The summed E-state index contributed by atoms with van der Waals surface area (Å²) in [5.41, 5.74) is 20.6. The van der Waals surface area contributed by atoms with Gasteiger partial charge in [-0.2, -0.15) is 0 Å². The Hall–Kier alpha value is -7.68. The molecule has 1 heterocycles. The van der Waals surface area contributed by atoms with Crippen LogP contribution in [0.15, 0.2) is 218 Å². The molecule has 62 heavy (non-hydrogen) atoms. The molecular formula is C60H46N2. The van der Waals surface area contributed by atoms with Crippen molar-refractivity contribution in [2.24, 2.45) is 0 Å². The van der Waals surface area contributed by atoms with E-state index in [1.165, 1.54) is 83.0 Å². The van der Waals surface area contributed by atoms with Gasteiger partial charge in [0.1, 0.15) is 0 Å². The molecule has 10 aromatic rings. The van der Waals surface area contributed by atoms with Crippen LogP contribution >= 0.6 is 0 Å². The van der Waals surface area contributed by atoms with Crippen molar-refractivity contribution in [2.45, 2.75) is 26.2 Å². The Morgan fingerprint density at radius 2 is 0.919 bits per heavy atom. The zero-order valence-electron chi connectivity index (χ0n) is 35.3. The first-order valence-corrected chi connectivity index (χ1v) is 21.6. The Morgan fingerprint density at radius 1 is 0.403 bits per heavy atom. The molecule has 2 nitrogen and oxygen atoms in total. The van der Waals surface area contributed by atoms with Gasteiger partial charge in [0, 0.05) is 38.9 Å². The van der Waals surface area contributed by atoms with Gasteiger partial charge >= 0.3 is 0 Å². The molecule has 0 aliphatic heterocycles. The maximum absolute atomic E-state index is 2.42. The van der Waals surface area contributed by atoms with Crippen LogP contribution in [0.5, 0.6) is 0 Å². The molecule has 11 rings (SSSR count). The monoisotopic (exact) mass is 794 g/mol. The lowest BCUT2D eigenvalue weighted by molar-refractivity contribution is 0.660. The average molecular weight is 795 g/mol. The maximum Gasteiger partial charge on any atom is 0.0541 e. The molecule has 0 bridgehead atoms. The number of fused-ring (bicyclic) bond motifs is 6. The summed E-state index contributed by atoms with van der Waals surface area (Å²) in [4.78, 5) is 2.40. The van der Waals surface area contributed by atoms with E-state index in [4.69, 9.17) is 0 Å². The van der Waals surface area contributed by atoms with Gasteiger partial charge in [0.05, 0.1) is 11.0 Å². The summed E-state index contributed by atoms with van der Waals surface area (Å²) in [5.74, 6) is 0. The van der Waals surface area contributed by atoms with Crippen molar-refractivity contribution in [3.05, 3.63) is 235 Å². The van der Waals surface area contributed by atoms with Crippen LogP contribution in [0.3, 0.4) is 0 Å². The van der Waals surface area contributed by atoms with Crippen molar-refractivity contribution in [2.75, 3.05) is 4.90 Å². The molecule has 1 aromatic heterocycles. The molecule has 0 amide bonds. The minimum Gasteiger partial charge on any atom is -0.310 e. The number of nitrogens with zero attached hydrogens (tertiary/aromatic N) is 2. The highest BCUT2D eigenvalue weighted by molar-refractivity contribution is 6.11. The van der Waals surface area contributed by atoms with Crippen molar-refractivity contribution < 1.29 is 0 Å². The van der Waals surface area contributed by atoms with Crippen LogP contribution in [0.25, 0.3) is 78.1 Å². The van der Waals surface area contributed by atoms with E-state index >= 15 is 0 Å². The second-order valence-corrected chi connectivity index (χ2v) is 17.0. The van der Waals surface area contributed by atoms with Gasteiger partial charge in [-0.3, -0.25) is 0 Å². The van der Waals surface area contributed by atoms with E-state index in [0.717, 1.165) is 22.7 Å². The van der Waals surface area contributed by atoms with Crippen LogP contribution in [0, 0.1) is 0 Å². The van der Waals surface area contributed by atoms with E-state index in [-0.39, 0.29) is 5.41 Å². The van der Waals surface area contributed by atoms with Gasteiger partial charge in [-0.15, -0.1) is 0 Å². The molecule has 0 saturated heterocycles. The van der Waals surface area contributed by atoms with Gasteiger partial charge in [-0.05, 0) is 141 Å². The summed E-state index contributed by atoms with van der Waals surface area (Å²) >= 11 is 0. The lowest BCUT2D eigenvalue weighted by atomic mass is 9.82. The molecule has 0 radical (unpaired) electrons. The van der Waals surface area contributed by atoms with Crippen LogP contribution in [0.1, 0.15) is 37.5 Å². The fourth-order valence-corrected chi connectivity index (χ4v) is 9.76. The number of anilines is 3. The van der Waals surface area contributed by atoms with Gasteiger partial charge in [0.25, 0.3) is 0 Å². The molecule has 0 fully saturated rings. The fourth-order valence-electron chi connectivity index (χ4n) is 9.76. The number of aromatic nitrogens is 1. The molecule has 0 spiro atoms. The number of hydrogen-bond acceptors (Lipinski definition) is 1. The lowest BCUT2D eigenvalue weighted by Gasteiger charge is -2.28.